The molecule has 88 valence electrons. The number of nitrogens with one attached hydrogen (secondary N) is 1. The fourth-order valence-corrected chi connectivity index (χ4v) is 2.12. The van der Waals surface area contributed by atoms with Crippen LogP contribution in [0.25, 0.3) is 10.9 Å². The van der Waals surface area contributed by atoms with E-state index in [-0.39, 0.29) is 12.4 Å². The summed E-state index contributed by atoms with van der Waals surface area (Å²) in [5.74, 6) is 0.519. The Hall–Kier alpha value is -1.15. The first-order valence-electron chi connectivity index (χ1n) is 5.39. The van der Waals surface area contributed by atoms with E-state index in [2.05, 4.69) is 38.7 Å². The molecule has 0 spiro atoms. The van der Waals surface area contributed by atoms with Gasteiger partial charge in [0.1, 0.15) is 0 Å². The topological polar surface area (TPSA) is 41.8 Å². The van der Waals surface area contributed by atoms with Gasteiger partial charge in [0, 0.05) is 16.8 Å². The van der Waals surface area contributed by atoms with Crippen LogP contribution in [0, 0.1) is 13.8 Å². The molecule has 1 heterocycles. The third kappa shape index (κ3) is 1.78. The SMILES string of the molecule is Cc1[nH]c2c(C(C)C)ccc(N)c2c1C.Cl. The Balaban J connectivity index is 0.00000128. The average molecular weight is 239 g/mol. The molecule has 3 heteroatoms. The number of aromatic amines is 1. The first-order valence-corrected chi connectivity index (χ1v) is 5.39. The van der Waals surface area contributed by atoms with Crippen molar-refractivity contribution in [1.82, 2.24) is 4.98 Å². The molecule has 0 aliphatic rings. The molecule has 1 aromatic carbocycles. The van der Waals surface area contributed by atoms with Crippen molar-refractivity contribution >= 4 is 29.0 Å². The average Bonchev–Trinajstić information content (AvgIpc) is 2.44. The van der Waals surface area contributed by atoms with Gasteiger partial charge >= 0.3 is 0 Å². The number of hydrogen-bond donors (Lipinski definition) is 2. The Kier molecular flexibility index (Phi) is 3.54. The zero-order chi connectivity index (χ0) is 11.2. The van der Waals surface area contributed by atoms with Crippen LogP contribution in [0.4, 0.5) is 5.69 Å². The standard InChI is InChI=1S/C13H18N2.ClH/c1-7(2)10-5-6-11(14)12-8(3)9(4)15-13(10)12;/h5-7,15H,14H2,1-4H3;1H. The Labute approximate surface area is 103 Å². The Morgan fingerprint density at radius 3 is 2.38 bits per heavy atom. The van der Waals surface area contributed by atoms with E-state index in [9.17, 15) is 0 Å². The third-order valence-electron chi connectivity index (χ3n) is 3.14. The van der Waals surface area contributed by atoms with Crippen LogP contribution in [0.5, 0.6) is 0 Å². The van der Waals surface area contributed by atoms with Crippen LogP contribution >= 0.6 is 12.4 Å². The molecule has 0 saturated heterocycles. The van der Waals surface area contributed by atoms with Gasteiger partial charge in [-0.15, -0.1) is 12.4 Å². The number of nitrogens with two attached hydrogens (primary N) is 1. The van der Waals surface area contributed by atoms with Gasteiger partial charge in [-0.1, -0.05) is 19.9 Å². The molecule has 16 heavy (non-hydrogen) atoms. The fourth-order valence-electron chi connectivity index (χ4n) is 2.12. The van der Waals surface area contributed by atoms with Crippen molar-refractivity contribution in [3.63, 3.8) is 0 Å². The smallest absolute Gasteiger partial charge is 0.0514 e. The van der Waals surface area contributed by atoms with E-state index in [0.29, 0.717) is 5.92 Å². The summed E-state index contributed by atoms with van der Waals surface area (Å²) < 4.78 is 0. The summed E-state index contributed by atoms with van der Waals surface area (Å²) in [5, 5.41) is 1.19. The van der Waals surface area contributed by atoms with Crippen LogP contribution < -0.4 is 5.73 Å². The Bertz CT molecular complexity index is 512. The number of halogens is 1. The van der Waals surface area contributed by atoms with Crippen molar-refractivity contribution < 1.29 is 0 Å². The van der Waals surface area contributed by atoms with E-state index in [1.54, 1.807) is 0 Å². The van der Waals surface area contributed by atoms with Crippen molar-refractivity contribution in [3.05, 3.63) is 29.0 Å². The number of benzene rings is 1. The van der Waals surface area contributed by atoms with Crippen LogP contribution in [0.1, 0.15) is 36.6 Å². The third-order valence-corrected chi connectivity index (χ3v) is 3.14. The molecule has 0 bridgehead atoms. The second-order valence-electron chi connectivity index (χ2n) is 4.52. The van der Waals surface area contributed by atoms with Crippen LogP contribution in [-0.4, -0.2) is 4.98 Å². The largest absolute Gasteiger partial charge is 0.398 e. The molecular weight excluding hydrogens is 220 g/mol. The molecule has 2 rings (SSSR count). The number of rotatable bonds is 1. The van der Waals surface area contributed by atoms with Gasteiger partial charge in [-0.2, -0.15) is 0 Å². The highest BCUT2D eigenvalue weighted by atomic mass is 35.5. The van der Waals surface area contributed by atoms with Gasteiger partial charge in [-0.05, 0) is 37.0 Å². The summed E-state index contributed by atoms with van der Waals surface area (Å²) in [6.07, 6.45) is 0. The predicted octanol–water partition coefficient (Wildman–Crippen LogP) is 3.91. The fraction of sp³-hybridized carbons (Fsp3) is 0.385. The zero-order valence-electron chi connectivity index (χ0n) is 10.2. The summed E-state index contributed by atoms with van der Waals surface area (Å²) >= 11 is 0. The molecule has 0 aliphatic heterocycles. The van der Waals surface area contributed by atoms with Gasteiger partial charge in [-0.25, -0.2) is 0 Å². The number of aromatic nitrogens is 1. The van der Waals surface area contributed by atoms with Crippen molar-refractivity contribution in [2.24, 2.45) is 0 Å². The molecular formula is C13H19ClN2. The monoisotopic (exact) mass is 238 g/mol. The van der Waals surface area contributed by atoms with Crippen LogP contribution in [0.3, 0.4) is 0 Å². The first-order chi connectivity index (χ1) is 7.02. The lowest BCUT2D eigenvalue weighted by Crippen LogP contribution is -1.93. The molecule has 0 aliphatic carbocycles. The number of H-pyrrole nitrogens is 1. The first kappa shape index (κ1) is 12.9. The second kappa shape index (κ2) is 4.38. The van der Waals surface area contributed by atoms with Gasteiger partial charge in [-0.3, -0.25) is 0 Å². The normalized spacial score (nSPS) is 10.8. The lowest BCUT2D eigenvalue weighted by Gasteiger charge is -2.08. The maximum atomic E-state index is 6.02. The molecule has 0 atom stereocenters. The van der Waals surface area contributed by atoms with Crippen LogP contribution in [-0.2, 0) is 0 Å². The van der Waals surface area contributed by atoms with E-state index in [1.165, 1.54) is 27.7 Å². The Morgan fingerprint density at radius 1 is 1.19 bits per heavy atom. The quantitative estimate of drug-likeness (QED) is 0.727. The lowest BCUT2D eigenvalue weighted by atomic mass is 9.98. The van der Waals surface area contributed by atoms with Gasteiger partial charge in [0.15, 0.2) is 0 Å². The number of fused-ring (bicyclic) bond motifs is 1. The van der Waals surface area contributed by atoms with Crippen molar-refractivity contribution in [2.75, 3.05) is 5.73 Å². The van der Waals surface area contributed by atoms with Crippen molar-refractivity contribution in [3.8, 4) is 0 Å². The van der Waals surface area contributed by atoms with E-state index >= 15 is 0 Å². The van der Waals surface area contributed by atoms with Crippen molar-refractivity contribution in [1.29, 1.82) is 0 Å². The molecule has 2 aromatic rings. The highest BCUT2D eigenvalue weighted by Crippen LogP contribution is 2.32. The number of hydrogen-bond acceptors (Lipinski definition) is 1. The molecule has 0 saturated carbocycles. The van der Waals surface area contributed by atoms with E-state index < -0.39 is 0 Å². The van der Waals surface area contributed by atoms with Gasteiger partial charge in [0.05, 0.1) is 5.52 Å². The van der Waals surface area contributed by atoms with Gasteiger partial charge in [0.2, 0.25) is 0 Å². The molecule has 0 fully saturated rings. The lowest BCUT2D eigenvalue weighted by molar-refractivity contribution is 0.873. The number of nitrogen functional groups attached to an aromatic ring is 1. The molecule has 3 N–H and O–H groups in total. The molecule has 0 radical (unpaired) electrons. The summed E-state index contributed by atoms with van der Waals surface area (Å²) in [5.41, 5.74) is 11.9. The number of aryl methyl sites for hydroxylation is 2. The molecule has 0 unspecified atom stereocenters. The highest BCUT2D eigenvalue weighted by molar-refractivity contribution is 5.96. The minimum absolute atomic E-state index is 0. The summed E-state index contributed by atoms with van der Waals surface area (Å²) in [6, 6.07) is 4.13. The highest BCUT2D eigenvalue weighted by Gasteiger charge is 2.12. The molecule has 0 amide bonds. The molecule has 2 nitrogen and oxygen atoms in total. The van der Waals surface area contributed by atoms with Gasteiger partial charge in [0.25, 0.3) is 0 Å². The second-order valence-corrected chi connectivity index (χ2v) is 4.52. The van der Waals surface area contributed by atoms with Crippen LogP contribution in [0.2, 0.25) is 0 Å². The zero-order valence-corrected chi connectivity index (χ0v) is 11.0. The van der Waals surface area contributed by atoms with E-state index in [0.717, 1.165) is 5.69 Å². The maximum absolute atomic E-state index is 6.02. The summed E-state index contributed by atoms with van der Waals surface area (Å²) in [4.78, 5) is 3.44. The maximum Gasteiger partial charge on any atom is 0.0514 e. The van der Waals surface area contributed by atoms with E-state index in [1.807, 2.05) is 6.07 Å². The minimum Gasteiger partial charge on any atom is -0.398 e. The minimum atomic E-state index is 0. The van der Waals surface area contributed by atoms with E-state index in [4.69, 9.17) is 5.73 Å². The Morgan fingerprint density at radius 2 is 1.81 bits per heavy atom. The number of anilines is 1. The summed E-state index contributed by atoms with van der Waals surface area (Å²) in [7, 11) is 0. The van der Waals surface area contributed by atoms with Crippen LogP contribution in [0.15, 0.2) is 12.1 Å². The predicted molar refractivity (Wildman–Crippen MR) is 73.5 cm³/mol. The van der Waals surface area contributed by atoms with Gasteiger partial charge < -0.3 is 10.7 Å². The summed E-state index contributed by atoms with van der Waals surface area (Å²) in [6.45, 7) is 8.63. The molecule has 1 aromatic heterocycles. The van der Waals surface area contributed by atoms with Crippen molar-refractivity contribution in [2.45, 2.75) is 33.6 Å².